The maximum Gasteiger partial charge on any atom is 0.347 e. The van der Waals surface area contributed by atoms with Crippen molar-refractivity contribution in [2.45, 2.75) is 25.0 Å². The van der Waals surface area contributed by atoms with E-state index in [-0.39, 0.29) is 18.1 Å². The van der Waals surface area contributed by atoms with Crippen molar-refractivity contribution in [2.24, 2.45) is 26.6 Å². The summed E-state index contributed by atoms with van der Waals surface area (Å²) < 4.78 is 0. The van der Waals surface area contributed by atoms with Crippen LogP contribution in [0.25, 0.3) is 0 Å². The predicted octanol–water partition coefficient (Wildman–Crippen LogP) is 0.00800. The Balaban J connectivity index is 1.69. The molecule has 10 nitrogen and oxygen atoms in total. The Morgan fingerprint density at radius 1 is 1.44 bits per heavy atom. The van der Waals surface area contributed by atoms with Crippen molar-refractivity contribution < 1.29 is 14.7 Å². The van der Waals surface area contributed by atoms with E-state index >= 15 is 0 Å². The summed E-state index contributed by atoms with van der Waals surface area (Å²) in [6, 6.07) is 3.16. The number of fused-ring (bicyclic) bond motifs is 1. The van der Waals surface area contributed by atoms with Crippen molar-refractivity contribution in [2.75, 3.05) is 13.1 Å². The lowest BCUT2D eigenvalue weighted by atomic mass is 9.95. The molecule has 0 aliphatic carbocycles. The summed E-state index contributed by atoms with van der Waals surface area (Å²) >= 11 is 0. The number of carbonyl (C=O) groups excluding carboxylic acids is 1. The monoisotopic (exact) mass is 369 g/mol. The average molecular weight is 369 g/mol. The Morgan fingerprint density at radius 2 is 2.30 bits per heavy atom. The number of rotatable bonds is 4. The smallest absolute Gasteiger partial charge is 0.347 e. The second kappa shape index (κ2) is 6.63. The molecule has 4 N–H and O–H groups in total. The highest BCUT2D eigenvalue weighted by molar-refractivity contribution is 6.53. The van der Waals surface area contributed by atoms with E-state index < -0.39 is 23.7 Å². The van der Waals surface area contributed by atoms with Gasteiger partial charge in [-0.3, -0.25) is 25.7 Å². The highest BCUT2D eigenvalue weighted by Gasteiger charge is 2.48. The highest BCUT2D eigenvalue weighted by atomic mass is 16.4. The number of hydrogen-bond acceptors (Lipinski definition) is 7. The average Bonchev–Trinajstić information content (AvgIpc) is 3.04. The number of pyridine rings is 1. The zero-order chi connectivity index (χ0) is 19.0. The maximum absolute atomic E-state index is 11.8. The number of nitrogens with one attached hydrogen (secondary N) is 1. The number of hydrogen-bond donors (Lipinski definition) is 3. The molecule has 27 heavy (non-hydrogen) atoms. The number of urea groups is 1. The number of aliphatic imine (C=N–C) groups is 3. The Bertz CT molecular complexity index is 880. The normalized spacial score (nSPS) is 28.0. The number of piperidine rings is 1. The number of aromatic nitrogens is 1. The third-order valence-corrected chi connectivity index (χ3v) is 4.89. The number of amidine groups is 2. The van der Waals surface area contributed by atoms with Crippen LogP contribution in [0.1, 0.15) is 18.4 Å². The summed E-state index contributed by atoms with van der Waals surface area (Å²) in [7, 11) is 0. The number of carbonyl (C=O) groups is 2. The maximum atomic E-state index is 11.8. The van der Waals surface area contributed by atoms with E-state index in [4.69, 9.17) is 5.73 Å². The molecule has 1 aromatic rings. The van der Waals surface area contributed by atoms with Crippen LogP contribution in [0.15, 0.2) is 39.5 Å². The van der Waals surface area contributed by atoms with E-state index in [1.807, 2.05) is 12.1 Å². The molecule has 1 aromatic heterocycles. The number of carboxylic acids is 1. The topological polar surface area (TPSA) is 146 Å². The summed E-state index contributed by atoms with van der Waals surface area (Å²) in [6.07, 6.45) is 5.02. The van der Waals surface area contributed by atoms with Gasteiger partial charge in [0.05, 0.1) is 5.92 Å². The minimum absolute atomic E-state index is 0.230. The van der Waals surface area contributed by atoms with Crippen LogP contribution in [-0.2, 0) is 11.2 Å². The Kier molecular flexibility index (Phi) is 4.28. The minimum Gasteiger partial charge on any atom is -0.481 e. The van der Waals surface area contributed by atoms with Gasteiger partial charge in [0.25, 0.3) is 0 Å². The first kappa shape index (κ1) is 17.4. The van der Waals surface area contributed by atoms with Gasteiger partial charge in [-0.1, -0.05) is 6.07 Å². The van der Waals surface area contributed by atoms with Crippen LogP contribution in [0, 0.1) is 5.92 Å². The zero-order valence-corrected chi connectivity index (χ0v) is 14.5. The molecule has 10 heteroatoms. The van der Waals surface area contributed by atoms with Crippen LogP contribution in [0.4, 0.5) is 4.79 Å². The largest absolute Gasteiger partial charge is 0.481 e. The van der Waals surface area contributed by atoms with Gasteiger partial charge in [0.1, 0.15) is 11.5 Å². The number of nitrogens with two attached hydrogens (primary N) is 1. The lowest BCUT2D eigenvalue weighted by molar-refractivity contribution is -0.144. The quantitative estimate of drug-likeness (QED) is 0.681. The minimum atomic E-state index is -1.43. The molecule has 4 rings (SSSR count). The Hall–Kier alpha value is -2.98. The molecule has 140 valence electrons. The number of nitrogens with zero attached hydrogens (tertiary/aromatic N) is 5. The molecule has 0 saturated carbocycles. The van der Waals surface area contributed by atoms with Crippen LogP contribution < -0.4 is 11.1 Å². The Morgan fingerprint density at radius 3 is 3.04 bits per heavy atom. The highest BCUT2D eigenvalue weighted by Crippen LogP contribution is 2.27. The van der Waals surface area contributed by atoms with Gasteiger partial charge in [-0.05, 0) is 24.5 Å². The van der Waals surface area contributed by atoms with Gasteiger partial charge in [0, 0.05) is 31.9 Å². The van der Waals surface area contributed by atoms with Gasteiger partial charge in [0.2, 0.25) is 5.79 Å². The van der Waals surface area contributed by atoms with Crippen LogP contribution in [0.5, 0.6) is 0 Å². The molecule has 0 bridgehead atoms. The van der Waals surface area contributed by atoms with Gasteiger partial charge in [-0.25, -0.2) is 14.8 Å². The molecule has 1 saturated heterocycles. The summed E-state index contributed by atoms with van der Waals surface area (Å²) in [6.45, 7) is 0.792. The molecule has 2 amide bonds. The third-order valence-electron chi connectivity index (χ3n) is 4.89. The molecule has 0 spiro atoms. The fourth-order valence-corrected chi connectivity index (χ4v) is 3.56. The van der Waals surface area contributed by atoms with Crippen molar-refractivity contribution in [3.63, 3.8) is 0 Å². The molecular formula is C17H19N7O3. The fraction of sp³-hybridized carbons (Fsp3) is 0.412. The fourth-order valence-electron chi connectivity index (χ4n) is 3.56. The summed E-state index contributed by atoms with van der Waals surface area (Å²) in [5, 5.41) is 12.0. The zero-order valence-electron chi connectivity index (χ0n) is 14.5. The first-order valence-electron chi connectivity index (χ1n) is 8.69. The van der Waals surface area contributed by atoms with Crippen molar-refractivity contribution in [3.05, 3.63) is 30.1 Å². The lowest BCUT2D eigenvalue weighted by Gasteiger charge is -2.42. The third kappa shape index (κ3) is 3.24. The summed E-state index contributed by atoms with van der Waals surface area (Å²) in [5.41, 5.74) is 7.74. The Labute approximate surface area is 154 Å². The van der Waals surface area contributed by atoms with E-state index in [2.05, 4.69) is 25.3 Å². The molecule has 4 heterocycles. The van der Waals surface area contributed by atoms with E-state index in [1.165, 1.54) is 0 Å². The molecule has 2 atom stereocenters. The van der Waals surface area contributed by atoms with Gasteiger partial charge in [0.15, 0.2) is 5.84 Å². The van der Waals surface area contributed by atoms with Crippen LogP contribution >= 0.6 is 0 Å². The van der Waals surface area contributed by atoms with Crippen LogP contribution in [0.2, 0.25) is 0 Å². The van der Waals surface area contributed by atoms with Gasteiger partial charge in [-0.15, -0.1) is 0 Å². The molecule has 1 fully saturated rings. The van der Waals surface area contributed by atoms with Crippen LogP contribution in [-0.4, -0.2) is 63.3 Å². The SMILES string of the molecule is NC1(N2CCCC(C(=O)O)C2)N=C(Cc2cccnc2)N=C2NC(=O)N=C21. The van der Waals surface area contributed by atoms with Crippen molar-refractivity contribution >= 4 is 29.4 Å². The van der Waals surface area contributed by atoms with Gasteiger partial charge in [-0.2, -0.15) is 4.99 Å². The van der Waals surface area contributed by atoms with Crippen molar-refractivity contribution in [1.29, 1.82) is 0 Å². The lowest BCUT2D eigenvalue weighted by Crippen LogP contribution is -2.66. The van der Waals surface area contributed by atoms with E-state index in [0.29, 0.717) is 31.6 Å². The van der Waals surface area contributed by atoms with Gasteiger partial charge < -0.3 is 5.11 Å². The second-order valence-electron chi connectivity index (χ2n) is 6.77. The van der Waals surface area contributed by atoms with Gasteiger partial charge >= 0.3 is 12.0 Å². The van der Waals surface area contributed by atoms with Crippen molar-refractivity contribution in [1.82, 2.24) is 15.2 Å². The molecule has 0 aromatic carbocycles. The standard InChI is InChI=1S/C17H19N7O3/c18-17(24-6-2-4-11(9-24)15(25)26)13-14(22-16(27)21-13)20-12(23-17)7-10-3-1-5-19-8-10/h1,3,5,8,11H,2,4,6-7,9,18H2,(H,25,26)(H,20,22,23,27). The number of aliphatic carboxylic acids is 1. The molecule has 2 unspecified atom stereocenters. The van der Waals surface area contributed by atoms with E-state index in [9.17, 15) is 14.7 Å². The summed E-state index contributed by atoms with van der Waals surface area (Å²) in [4.78, 5) is 42.0. The first-order chi connectivity index (χ1) is 13.0. The number of likely N-dealkylation sites (tertiary alicyclic amines) is 1. The van der Waals surface area contributed by atoms with E-state index in [1.54, 1.807) is 17.3 Å². The van der Waals surface area contributed by atoms with Crippen LogP contribution in [0.3, 0.4) is 0 Å². The first-order valence-corrected chi connectivity index (χ1v) is 8.69. The number of carboxylic acid groups (broad SMARTS) is 1. The molecule has 3 aliphatic rings. The molecular weight excluding hydrogens is 350 g/mol. The molecule has 0 radical (unpaired) electrons. The van der Waals surface area contributed by atoms with E-state index in [0.717, 1.165) is 5.56 Å². The summed E-state index contributed by atoms with van der Waals surface area (Å²) in [5.74, 6) is -2.13. The number of amides is 2. The predicted molar refractivity (Wildman–Crippen MR) is 97.6 cm³/mol. The second-order valence-corrected chi connectivity index (χ2v) is 6.77. The molecule has 3 aliphatic heterocycles. The van der Waals surface area contributed by atoms with Crippen molar-refractivity contribution in [3.8, 4) is 0 Å².